The SMILES string of the molecule is c1ccc(-c2cccc(Nc3cccc4c3C3(c5ccccc5-c5ccccc53)c3ccccc3-4)c2)cc1. The standard InChI is InChI=1S/C37H25N/c1-2-12-25(13-3-1)26-14-10-15-27(24-26)38-35-23-11-19-31-30-18-6-9-22-34(30)37(36(31)35)32-20-7-4-16-28(32)29-17-5-8-21-33(29)37/h1-24,38H. The van der Waals surface area contributed by atoms with Gasteiger partial charge in [-0.3, -0.25) is 0 Å². The van der Waals surface area contributed by atoms with Crippen molar-refractivity contribution in [2.75, 3.05) is 5.32 Å². The van der Waals surface area contributed by atoms with Crippen LogP contribution >= 0.6 is 0 Å². The molecule has 178 valence electrons. The topological polar surface area (TPSA) is 12.0 Å². The number of hydrogen-bond donors (Lipinski definition) is 1. The molecule has 0 saturated carbocycles. The van der Waals surface area contributed by atoms with Crippen LogP contribution in [0.2, 0.25) is 0 Å². The zero-order valence-corrected chi connectivity index (χ0v) is 20.9. The van der Waals surface area contributed by atoms with Gasteiger partial charge in [-0.05, 0) is 68.3 Å². The van der Waals surface area contributed by atoms with E-state index in [0.717, 1.165) is 11.4 Å². The molecule has 0 amide bonds. The van der Waals surface area contributed by atoms with E-state index in [0.29, 0.717) is 0 Å². The van der Waals surface area contributed by atoms with Crippen LogP contribution in [0.4, 0.5) is 11.4 Å². The van der Waals surface area contributed by atoms with Crippen molar-refractivity contribution >= 4 is 11.4 Å². The van der Waals surface area contributed by atoms with Crippen molar-refractivity contribution in [1.82, 2.24) is 0 Å². The molecule has 0 radical (unpaired) electrons. The van der Waals surface area contributed by atoms with Gasteiger partial charge in [-0.1, -0.05) is 127 Å². The third kappa shape index (κ3) is 2.82. The molecule has 0 saturated heterocycles. The molecule has 6 aromatic carbocycles. The molecule has 0 aromatic heterocycles. The Hall–Kier alpha value is -4.88. The van der Waals surface area contributed by atoms with Crippen LogP contribution in [0.3, 0.4) is 0 Å². The van der Waals surface area contributed by atoms with Gasteiger partial charge in [0.05, 0.1) is 5.41 Å². The lowest BCUT2D eigenvalue weighted by atomic mass is 9.70. The van der Waals surface area contributed by atoms with Gasteiger partial charge in [-0.15, -0.1) is 0 Å². The number of benzene rings is 6. The highest BCUT2D eigenvalue weighted by atomic mass is 14.9. The molecule has 0 bridgehead atoms. The number of rotatable bonds is 3. The second-order valence-corrected chi connectivity index (χ2v) is 10.2. The smallest absolute Gasteiger partial charge is 0.0745 e. The minimum atomic E-state index is -0.361. The van der Waals surface area contributed by atoms with E-state index in [9.17, 15) is 0 Å². The predicted molar refractivity (Wildman–Crippen MR) is 158 cm³/mol. The molecule has 0 aliphatic heterocycles. The monoisotopic (exact) mass is 483 g/mol. The summed E-state index contributed by atoms with van der Waals surface area (Å²) >= 11 is 0. The van der Waals surface area contributed by atoms with E-state index in [2.05, 4.69) is 151 Å². The Balaban J connectivity index is 1.39. The second-order valence-electron chi connectivity index (χ2n) is 10.2. The third-order valence-electron chi connectivity index (χ3n) is 8.26. The Labute approximate surface area is 223 Å². The first kappa shape index (κ1) is 21.2. The molecule has 1 nitrogen and oxygen atoms in total. The maximum absolute atomic E-state index is 3.86. The predicted octanol–water partition coefficient (Wildman–Crippen LogP) is 9.44. The molecule has 1 heteroatoms. The Morgan fingerprint density at radius 2 is 0.895 bits per heavy atom. The van der Waals surface area contributed by atoms with E-state index in [1.807, 2.05) is 0 Å². The fourth-order valence-electron chi connectivity index (χ4n) is 6.82. The van der Waals surface area contributed by atoms with Crippen LogP contribution in [0.1, 0.15) is 22.3 Å². The quantitative estimate of drug-likeness (QED) is 0.264. The lowest BCUT2D eigenvalue weighted by Crippen LogP contribution is -2.26. The normalized spacial score (nSPS) is 13.5. The van der Waals surface area contributed by atoms with Crippen molar-refractivity contribution in [3.8, 4) is 33.4 Å². The van der Waals surface area contributed by atoms with Crippen LogP contribution in [0.5, 0.6) is 0 Å². The highest BCUT2D eigenvalue weighted by Gasteiger charge is 2.52. The summed E-state index contributed by atoms with van der Waals surface area (Å²) in [7, 11) is 0. The van der Waals surface area contributed by atoms with Crippen LogP contribution in [-0.2, 0) is 5.41 Å². The summed E-state index contributed by atoms with van der Waals surface area (Å²) in [5.41, 5.74) is 15.0. The van der Waals surface area contributed by atoms with E-state index in [1.165, 1.54) is 55.6 Å². The van der Waals surface area contributed by atoms with E-state index < -0.39 is 0 Å². The number of hydrogen-bond acceptors (Lipinski definition) is 1. The lowest BCUT2D eigenvalue weighted by Gasteiger charge is -2.32. The van der Waals surface area contributed by atoms with Gasteiger partial charge in [0, 0.05) is 16.9 Å². The summed E-state index contributed by atoms with van der Waals surface area (Å²) in [6.45, 7) is 0. The highest BCUT2D eigenvalue weighted by Crippen LogP contribution is 2.64. The minimum Gasteiger partial charge on any atom is -0.355 e. The summed E-state index contributed by atoms with van der Waals surface area (Å²) in [4.78, 5) is 0. The summed E-state index contributed by atoms with van der Waals surface area (Å²) in [6.07, 6.45) is 0. The van der Waals surface area contributed by atoms with Crippen molar-refractivity contribution in [2.24, 2.45) is 0 Å². The molecular formula is C37H25N. The van der Waals surface area contributed by atoms with Gasteiger partial charge in [0.2, 0.25) is 0 Å². The zero-order valence-electron chi connectivity index (χ0n) is 20.9. The van der Waals surface area contributed by atoms with Gasteiger partial charge in [-0.25, -0.2) is 0 Å². The fraction of sp³-hybridized carbons (Fsp3) is 0.0270. The van der Waals surface area contributed by atoms with Crippen LogP contribution in [-0.4, -0.2) is 0 Å². The van der Waals surface area contributed by atoms with Crippen LogP contribution < -0.4 is 5.32 Å². The third-order valence-corrected chi connectivity index (χ3v) is 8.26. The number of anilines is 2. The summed E-state index contributed by atoms with van der Waals surface area (Å²) in [5.74, 6) is 0. The van der Waals surface area contributed by atoms with Crippen LogP contribution in [0.15, 0.2) is 146 Å². The first-order chi connectivity index (χ1) is 18.9. The maximum atomic E-state index is 3.86. The van der Waals surface area contributed by atoms with E-state index in [4.69, 9.17) is 0 Å². The Morgan fingerprint density at radius 1 is 0.395 bits per heavy atom. The van der Waals surface area contributed by atoms with Crippen molar-refractivity contribution in [3.63, 3.8) is 0 Å². The average Bonchev–Trinajstić information content (AvgIpc) is 3.46. The fourth-order valence-corrected chi connectivity index (χ4v) is 6.82. The molecule has 2 aliphatic rings. The Bertz CT molecular complexity index is 1780. The lowest BCUT2D eigenvalue weighted by molar-refractivity contribution is 0.796. The second kappa shape index (κ2) is 8.06. The molecule has 1 N–H and O–H groups in total. The van der Waals surface area contributed by atoms with Gasteiger partial charge in [0.25, 0.3) is 0 Å². The van der Waals surface area contributed by atoms with Gasteiger partial charge >= 0.3 is 0 Å². The van der Waals surface area contributed by atoms with Crippen molar-refractivity contribution < 1.29 is 0 Å². The average molecular weight is 484 g/mol. The molecule has 0 heterocycles. The summed E-state index contributed by atoms with van der Waals surface area (Å²) in [6, 6.07) is 52.9. The minimum absolute atomic E-state index is 0.361. The first-order valence-electron chi connectivity index (χ1n) is 13.2. The zero-order chi connectivity index (χ0) is 25.1. The van der Waals surface area contributed by atoms with E-state index in [-0.39, 0.29) is 5.41 Å². The molecule has 8 rings (SSSR count). The van der Waals surface area contributed by atoms with Gasteiger partial charge in [-0.2, -0.15) is 0 Å². The summed E-state index contributed by atoms with van der Waals surface area (Å²) < 4.78 is 0. The first-order valence-corrected chi connectivity index (χ1v) is 13.2. The highest BCUT2D eigenvalue weighted by molar-refractivity contribution is 5.98. The van der Waals surface area contributed by atoms with Crippen LogP contribution in [0, 0.1) is 0 Å². The van der Waals surface area contributed by atoms with Crippen molar-refractivity contribution in [1.29, 1.82) is 0 Å². The van der Waals surface area contributed by atoms with Crippen LogP contribution in [0.25, 0.3) is 33.4 Å². The molecule has 0 atom stereocenters. The Kier molecular flexibility index (Phi) is 4.50. The molecule has 0 fully saturated rings. The molecule has 38 heavy (non-hydrogen) atoms. The van der Waals surface area contributed by atoms with E-state index >= 15 is 0 Å². The van der Waals surface area contributed by atoms with E-state index in [1.54, 1.807) is 0 Å². The largest absolute Gasteiger partial charge is 0.355 e. The number of nitrogens with one attached hydrogen (secondary N) is 1. The van der Waals surface area contributed by atoms with Gasteiger partial charge in [0.1, 0.15) is 0 Å². The van der Waals surface area contributed by atoms with Crippen molar-refractivity contribution in [3.05, 3.63) is 168 Å². The molecule has 6 aromatic rings. The molecule has 1 spiro atoms. The molecule has 0 unspecified atom stereocenters. The number of fused-ring (bicyclic) bond motifs is 10. The van der Waals surface area contributed by atoms with Gasteiger partial charge in [0.15, 0.2) is 0 Å². The van der Waals surface area contributed by atoms with Crippen molar-refractivity contribution in [2.45, 2.75) is 5.41 Å². The summed E-state index contributed by atoms with van der Waals surface area (Å²) in [5, 5.41) is 3.86. The van der Waals surface area contributed by atoms with Gasteiger partial charge < -0.3 is 5.32 Å². The molecular weight excluding hydrogens is 458 g/mol. The molecule has 2 aliphatic carbocycles. The maximum Gasteiger partial charge on any atom is 0.0745 e. The Morgan fingerprint density at radius 3 is 1.55 bits per heavy atom.